The fourth-order valence-electron chi connectivity index (χ4n) is 1.81. The van der Waals surface area contributed by atoms with E-state index in [9.17, 15) is 22.4 Å². The third kappa shape index (κ3) is 3.51. The van der Waals surface area contributed by atoms with Crippen molar-refractivity contribution in [2.75, 3.05) is 7.11 Å². The first kappa shape index (κ1) is 15.7. The zero-order valence-electron chi connectivity index (χ0n) is 11.1. The highest BCUT2D eigenvalue weighted by molar-refractivity contribution is 5.96. The summed E-state index contributed by atoms with van der Waals surface area (Å²) in [4.78, 5) is 15.0. The predicted molar refractivity (Wildman–Crippen MR) is 67.7 cm³/mol. The van der Waals surface area contributed by atoms with Crippen LogP contribution in [0.1, 0.15) is 10.5 Å². The van der Waals surface area contributed by atoms with Crippen LogP contribution < -0.4 is 4.74 Å². The highest BCUT2D eigenvalue weighted by atomic mass is 19.4. The van der Waals surface area contributed by atoms with Crippen molar-refractivity contribution in [3.63, 3.8) is 0 Å². The lowest BCUT2D eigenvalue weighted by Gasteiger charge is -2.14. The third-order valence-corrected chi connectivity index (χ3v) is 2.64. The molecule has 0 bridgehead atoms. The number of alkyl halides is 3. The molecule has 0 aliphatic heterocycles. The van der Waals surface area contributed by atoms with Gasteiger partial charge in [0, 0.05) is 11.1 Å². The van der Waals surface area contributed by atoms with E-state index < -0.39 is 29.7 Å². The van der Waals surface area contributed by atoms with Gasteiger partial charge in [0.25, 0.3) is 0 Å². The summed E-state index contributed by atoms with van der Waals surface area (Å²) in [6.07, 6.45) is -4.91. The highest BCUT2D eigenvalue weighted by Gasteiger charge is 2.32. The molecule has 0 atom stereocenters. The number of pyridine rings is 1. The summed E-state index contributed by atoms with van der Waals surface area (Å²) in [5.74, 6) is -2.47. The van der Waals surface area contributed by atoms with Crippen LogP contribution in [-0.4, -0.2) is 24.4 Å². The van der Waals surface area contributed by atoms with Crippen LogP contribution in [0.3, 0.4) is 0 Å². The number of aromatic nitrogens is 1. The van der Waals surface area contributed by atoms with Crippen molar-refractivity contribution in [3.8, 4) is 16.9 Å². The van der Waals surface area contributed by atoms with Gasteiger partial charge in [-0.05, 0) is 18.2 Å². The van der Waals surface area contributed by atoms with E-state index in [-0.39, 0.29) is 11.1 Å². The van der Waals surface area contributed by atoms with Gasteiger partial charge in [-0.3, -0.25) is 0 Å². The number of hydrogen-bond donors (Lipinski definition) is 0. The summed E-state index contributed by atoms with van der Waals surface area (Å²) in [5.41, 5.74) is -0.540. The zero-order chi connectivity index (χ0) is 16.3. The molecule has 0 saturated carbocycles. The minimum Gasteiger partial charge on any atom is -0.464 e. The summed E-state index contributed by atoms with van der Waals surface area (Å²) in [6, 6.07) is 7.21. The topological polar surface area (TPSA) is 48.4 Å². The summed E-state index contributed by atoms with van der Waals surface area (Å²) < 4.78 is 58.9. The van der Waals surface area contributed by atoms with E-state index in [4.69, 9.17) is 0 Å². The van der Waals surface area contributed by atoms with Crippen LogP contribution in [0, 0.1) is 5.95 Å². The van der Waals surface area contributed by atoms with E-state index in [1.807, 2.05) is 0 Å². The van der Waals surface area contributed by atoms with E-state index >= 15 is 0 Å². The normalized spacial score (nSPS) is 11.1. The smallest absolute Gasteiger partial charge is 0.464 e. The Kier molecular flexibility index (Phi) is 4.30. The number of rotatable bonds is 3. The molecule has 0 amide bonds. The molecule has 0 aliphatic carbocycles. The van der Waals surface area contributed by atoms with Crippen LogP contribution in [-0.2, 0) is 4.74 Å². The minimum atomic E-state index is -4.91. The molecule has 22 heavy (non-hydrogen) atoms. The molecule has 1 aromatic carbocycles. The molecule has 0 aliphatic rings. The van der Waals surface area contributed by atoms with Gasteiger partial charge in [0.15, 0.2) is 5.69 Å². The lowest BCUT2D eigenvalue weighted by molar-refractivity contribution is -0.274. The van der Waals surface area contributed by atoms with E-state index in [1.165, 1.54) is 18.2 Å². The molecule has 2 aromatic rings. The average molecular weight is 315 g/mol. The first-order valence-corrected chi connectivity index (χ1v) is 5.92. The summed E-state index contributed by atoms with van der Waals surface area (Å²) >= 11 is 0. The van der Waals surface area contributed by atoms with Gasteiger partial charge >= 0.3 is 12.3 Å². The SMILES string of the molecule is COC(=O)c1nc(F)ccc1-c1ccccc1OC(F)(F)F. The number of methoxy groups -OCH3 is 1. The van der Waals surface area contributed by atoms with Crippen LogP contribution in [0.25, 0.3) is 11.1 Å². The molecule has 0 N–H and O–H groups in total. The van der Waals surface area contributed by atoms with Gasteiger partial charge in [-0.1, -0.05) is 18.2 Å². The molecule has 0 unspecified atom stereocenters. The summed E-state index contributed by atoms with van der Waals surface area (Å²) in [7, 11) is 1.05. The van der Waals surface area contributed by atoms with Crippen LogP contribution in [0.2, 0.25) is 0 Å². The number of halogens is 4. The van der Waals surface area contributed by atoms with E-state index in [2.05, 4.69) is 14.5 Å². The van der Waals surface area contributed by atoms with Crippen LogP contribution in [0.15, 0.2) is 36.4 Å². The van der Waals surface area contributed by atoms with Crippen molar-refractivity contribution >= 4 is 5.97 Å². The number of hydrogen-bond acceptors (Lipinski definition) is 4. The van der Waals surface area contributed by atoms with Gasteiger partial charge in [0.1, 0.15) is 5.75 Å². The quantitative estimate of drug-likeness (QED) is 0.493. The van der Waals surface area contributed by atoms with Gasteiger partial charge in [0.2, 0.25) is 5.95 Å². The van der Waals surface area contributed by atoms with Gasteiger partial charge < -0.3 is 9.47 Å². The van der Waals surface area contributed by atoms with Gasteiger partial charge in [-0.2, -0.15) is 4.39 Å². The summed E-state index contributed by atoms with van der Waals surface area (Å²) in [6.45, 7) is 0. The maximum atomic E-state index is 13.2. The molecular weight excluding hydrogens is 306 g/mol. The molecular formula is C14H9F4NO3. The fraction of sp³-hybridized carbons (Fsp3) is 0.143. The van der Waals surface area contributed by atoms with Crippen molar-refractivity contribution in [3.05, 3.63) is 48.0 Å². The van der Waals surface area contributed by atoms with Gasteiger partial charge in [-0.25, -0.2) is 9.78 Å². The second-order valence-electron chi connectivity index (χ2n) is 4.07. The molecule has 0 fully saturated rings. The van der Waals surface area contributed by atoms with Crippen LogP contribution in [0.4, 0.5) is 17.6 Å². The Labute approximate surface area is 122 Å². The Morgan fingerprint density at radius 2 is 1.77 bits per heavy atom. The first-order chi connectivity index (χ1) is 10.3. The van der Waals surface area contributed by atoms with Crippen molar-refractivity contribution in [1.82, 2.24) is 4.98 Å². The molecule has 0 saturated heterocycles. The van der Waals surface area contributed by atoms with Gasteiger partial charge in [-0.15, -0.1) is 13.2 Å². The standard InChI is InChI=1S/C14H9F4NO3/c1-21-13(20)12-9(6-7-11(15)19-12)8-4-2-3-5-10(8)22-14(16,17)18/h2-7H,1H3. The second kappa shape index (κ2) is 6.00. The molecule has 0 spiro atoms. The van der Waals surface area contributed by atoms with E-state index in [0.29, 0.717) is 0 Å². The zero-order valence-corrected chi connectivity index (χ0v) is 11.1. The predicted octanol–water partition coefficient (Wildman–Crippen LogP) is 3.57. The van der Waals surface area contributed by atoms with Crippen molar-refractivity contribution < 1.29 is 31.8 Å². The maximum Gasteiger partial charge on any atom is 0.573 e. The molecule has 116 valence electrons. The van der Waals surface area contributed by atoms with Crippen LogP contribution in [0.5, 0.6) is 5.75 Å². The number of nitrogens with zero attached hydrogens (tertiary/aromatic N) is 1. The minimum absolute atomic E-state index is 0.0342. The lowest BCUT2D eigenvalue weighted by Crippen LogP contribution is -2.18. The Balaban J connectivity index is 2.60. The highest BCUT2D eigenvalue weighted by Crippen LogP contribution is 2.35. The number of para-hydroxylation sites is 1. The molecule has 2 rings (SSSR count). The Morgan fingerprint density at radius 1 is 1.09 bits per heavy atom. The van der Waals surface area contributed by atoms with Crippen molar-refractivity contribution in [2.45, 2.75) is 6.36 Å². The lowest BCUT2D eigenvalue weighted by atomic mass is 10.0. The monoisotopic (exact) mass is 315 g/mol. The molecule has 4 nitrogen and oxygen atoms in total. The number of ether oxygens (including phenoxy) is 2. The largest absolute Gasteiger partial charge is 0.573 e. The van der Waals surface area contributed by atoms with E-state index in [1.54, 1.807) is 0 Å². The number of esters is 1. The van der Waals surface area contributed by atoms with Gasteiger partial charge in [0.05, 0.1) is 7.11 Å². The van der Waals surface area contributed by atoms with Crippen molar-refractivity contribution in [2.24, 2.45) is 0 Å². The molecule has 0 radical (unpaired) electrons. The van der Waals surface area contributed by atoms with E-state index in [0.717, 1.165) is 25.3 Å². The molecule has 1 heterocycles. The molecule has 8 heteroatoms. The second-order valence-corrected chi connectivity index (χ2v) is 4.07. The Hall–Kier alpha value is -2.64. The fourth-order valence-corrected chi connectivity index (χ4v) is 1.81. The maximum absolute atomic E-state index is 13.2. The first-order valence-electron chi connectivity index (χ1n) is 5.92. The Bertz CT molecular complexity index is 701. The summed E-state index contributed by atoms with van der Waals surface area (Å²) in [5, 5.41) is 0. The average Bonchev–Trinajstić information content (AvgIpc) is 2.45. The Morgan fingerprint density at radius 3 is 2.41 bits per heavy atom. The molecule has 1 aromatic heterocycles. The number of carbonyl (C=O) groups is 1. The third-order valence-electron chi connectivity index (χ3n) is 2.64. The number of carbonyl (C=O) groups excluding carboxylic acids is 1. The van der Waals surface area contributed by atoms with Crippen LogP contribution >= 0.6 is 0 Å². The van der Waals surface area contributed by atoms with Crippen molar-refractivity contribution in [1.29, 1.82) is 0 Å². The number of benzene rings is 1.